The molecule has 0 fully saturated rings. The zero-order valence-electron chi connectivity index (χ0n) is 10.7. The maximum atomic E-state index is 11.5. The van der Waals surface area contributed by atoms with E-state index >= 15 is 0 Å². The van der Waals surface area contributed by atoms with Crippen LogP contribution >= 0.6 is 11.6 Å². The first-order chi connectivity index (χ1) is 8.54. The number of likely N-dealkylation sites (N-methyl/N-ethyl adjacent to an activating group) is 1. The lowest BCUT2D eigenvalue weighted by Crippen LogP contribution is -2.37. The van der Waals surface area contributed by atoms with Gasteiger partial charge in [-0.25, -0.2) is 0 Å². The van der Waals surface area contributed by atoms with Crippen molar-refractivity contribution in [2.75, 3.05) is 26.7 Å². The first-order valence-electron chi connectivity index (χ1n) is 5.88. The molecule has 0 radical (unpaired) electrons. The Hall–Kier alpha value is -1.10. The van der Waals surface area contributed by atoms with E-state index in [9.17, 15) is 4.79 Å². The van der Waals surface area contributed by atoms with Crippen molar-refractivity contribution in [1.82, 2.24) is 10.2 Å². The van der Waals surface area contributed by atoms with Crippen LogP contribution in [0.1, 0.15) is 18.5 Å². The minimum Gasteiger partial charge on any atom is -0.395 e. The molecule has 0 heterocycles. The van der Waals surface area contributed by atoms with Crippen LogP contribution in [0.3, 0.4) is 0 Å². The summed E-state index contributed by atoms with van der Waals surface area (Å²) in [7, 11) is 1.89. The molecular formula is C13H19ClN2O2. The fourth-order valence-electron chi connectivity index (χ4n) is 1.61. The minimum atomic E-state index is -0.0904. The third-order valence-corrected chi connectivity index (χ3v) is 3.09. The normalized spacial score (nSPS) is 12.5. The van der Waals surface area contributed by atoms with Crippen LogP contribution in [-0.2, 0) is 4.79 Å². The molecule has 0 aliphatic carbocycles. The Bertz CT molecular complexity index is 381. The summed E-state index contributed by atoms with van der Waals surface area (Å²) in [5.74, 6) is -0.0904. The lowest BCUT2D eigenvalue weighted by Gasteiger charge is -2.24. The summed E-state index contributed by atoms with van der Waals surface area (Å²) >= 11 is 5.84. The average Bonchev–Trinajstić information content (AvgIpc) is 2.36. The van der Waals surface area contributed by atoms with Crippen LogP contribution in [0, 0.1) is 0 Å². The molecule has 0 bridgehead atoms. The maximum absolute atomic E-state index is 11.5. The zero-order valence-corrected chi connectivity index (χ0v) is 11.4. The summed E-state index contributed by atoms with van der Waals surface area (Å²) < 4.78 is 0. The van der Waals surface area contributed by atoms with Crippen molar-refractivity contribution >= 4 is 17.5 Å². The standard InChI is InChI=1S/C13H19ClN2O2/c1-10(11-3-5-12(14)6-4-11)16(2)9-13(18)15-7-8-17/h3-6,10,17H,7-9H2,1-2H3,(H,15,18). The average molecular weight is 271 g/mol. The van der Waals surface area contributed by atoms with Crippen molar-refractivity contribution < 1.29 is 9.90 Å². The number of carbonyl (C=O) groups is 1. The Morgan fingerprint density at radius 3 is 2.61 bits per heavy atom. The van der Waals surface area contributed by atoms with Crippen molar-refractivity contribution in [3.8, 4) is 0 Å². The Morgan fingerprint density at radius 1 is 1.44 bits per heavy atom. The van der Waals surface area contributed by atoms with Crippen LogP contribution in [-0.4, -0.2) is 42.7 Å². The van der Waals surface area contributed by atoms with Gasteiger partial charge >= 0.3 is 0 Å². The van der Waals surface area contributed by atoms with Gasteiger partial charge in [0.2, 0.25) is 5.91 Å². The predicted octanol–water partition coefficient (Wildman–Crippen LogP) is 1.44. The quantitative estimate of drug-likeness (QED) is 0.823. The molecular weight excluding hydrogens is 252 g/mol. The molecule has 1 rings (SSSR count). The van der Waals surface area contributed by atoms with Crippen LogP contribution in [0.25, 0.3) is 0 Å². The summed E-state index contributed by atoms with van der Waals surface area (Å²) in [4.78, 5) is 13.5. The van der Waals surface area contributed by atoms with E-state index in [-0.39, 0.29) is 18.6 Å². The van der Waals surface area contributed by atoms with Crippen LogP contribution < -0.4 is 5.32 Å². The molecule has 0 saturated carbocycles. The first-order valence-corrected chi connectivity index (χ1v) is 6.25. The van der Waals surface area contributed by atoms with E-state index in [1.807, 2.05) is 43.1 Å². The molecule has 5 heteroatoms. The molecule has 0 spiro atoms. The van der Waals surface area contributed by atoms with Gasteiger partial charge < -0.3 is 10.4 Å². The topological polar surface area (TPSA) is 52.6 Å². The highest BCUT2D eigenvalue weighted by molar-refractivity contribution is 6.30. The zero-order chi connectivity index (χ0) is 13.5. The molecule has 18 heavy (non-hydrogen) atoms. The molecule has 0 aromatic heterocycles. The second-order valence-corrected chi connectivity index (χ2v) is 4.65. The van der Waals surface area contributed by atoms with Gasteiger partial charge in [-0.15, -0.1) is 0 Å². The number of nitrogens with one attached hydrogen (secondary N) is 1. The van der Waals surface area contributed by atoms with Gasteiger partial charge in [0.05, 0.1) is 13.2 Å². The third kappa shape index (κ3) is 4.64. The largest absolute Gasteiger partial charge is 0.395 e. The highest BCUT2D eigenvalue weighted by atomic mass is 35.5. The van der Waals surface area contributed by atoms with Crippen molar-refractivity contribution in [3.63, 3.8) is 0 Å². The summed E-state index contributed by atoms with van der Waals surface area (Å²) in [6.45, 7) is 2.58. The maximum Gasteiger partial charge on any atom is 0.234 e. The summed E-state index contributed by atoms with van der Waals surface area (Å²) in [6.07, 6.45) is 0. The predicted molar refractivity (Wildman–Crippen MR) is 72.6 cm³/mol. The van der Waals surface area contributed by atoms with E-state index in [0.29, 0.717) is 18.1 Å². The van der Waals surface area contributed by atoms with E-state index in [0.717, 1.165) is 5.56 Å². The lowest BCUT2D eigenvalue weighted by atomic mass is 10.1. The van der Waals surface area contributed by atoms with Gasteiger partial charge in [0, 0.05) is 17.6 Å². The molecule has 4 nitrogen and oxygen atoms in total. The van der Waals surface area contributed by atoms with Crippen molar-refractivity contribution in [2.45, 2.75) is 13.0 Å². The Morgan fingerprint density at radius 2 is 2.06 bits per heavy atom. The van der Waals surface area contributed by atoms with Crippen molar-refractivity contribution in [2.24, 2.45) is 0 Å². The number of amides is 1. The van der Waals surface area contributed by atoms with Gasteiger partial charge in [0.25, 0.3) is 0 Å². The van der Waals surface area contributed by atoms with E-state index in [1.54, 1.807) is 0 Å². The molecule has 1 aromatic rings. The summed E-state index contributed by atoms with van der Waals surface area (Å²) in [5.41, 5.74) is 1.11. The fraction of sp³-hybridized carbons (Fsp3) is 0.462. The second kappa shape index (κ2) is 7.36. The van der Waals surface area contributed by atoms with Gasteiger partial charge in [-0.05, 0) is 31.7 Å². The molecule has 1 atom stereocenters. The smallest absolute Gasteiger partial charge is 0.234 e. The van der Waals surface area contributed by atoms with Crippen LogP contribution in [0.5, 0.6) is 0 Å². The molecule has 1 unspecified atom stereocenters. The molecule has 1 aromatic carbocycles. The van der Waals surface area contributed by atoms with Gasteiger partial charge in [0.1, 0.15) is 0 Å². The highest BCUT2D eigenvalue weighted by Gasteiger charge is 2.14. The Labute approximate surface area is 113 Å². The third-order valence-electron chi connectivity index (χ3n) is 2.84. The van der Waals surface area contributed by atoms with Gasteiger partial charge in [-0.2, -0.15) is 0 Å². The van der Waals surface area contributed by atoms with Crippen LogP contribution in [0.15, 0.2) is 24.3 Å². The fourth-order valence-corrected chi connectivity index (χ4v) is 1.74. The molecule has 100 valence electrons. The first kappa shape index (κ1) is 15.0. The second-order valence-electron chi connectivity index (χ2n) is 4.22. The van der Waals surface area contributed by atoms with Crippen LogP contribution in [0.2, 0.25) is 5.02 Å². The Balaban J connectivity index is 2.53. The van der Waals surface area contributed by atoms with Gasteiger partial charge in [-0.1, -0.05) is 23.7 Å². The number of rotatable bonds is 6. The lowest BCUT2D eigenvalue weighted by molar-refractivity contribution is -0.122. The monoisotopic (exact) mass is 270 g/mol. The van der Waals surface area contributed by atoms with Crippen molar-refractivity contribution in [1.29, 1.82) is 0 Å². The number of halogens is 1. The van der Waals surface area contributed by atoms with Gasteiger partial charge in [-0.3, -0.25) is 9.69 Å². The van der Waals surface area contributed by atoms with E-state index in [2.05, 4.69) is 5.32 Å². The number of aliphatic hydroxyl groups is 1. The minimum absolute atomic E-state index is 0.0395. The number of hydrogen-bond acceptors (Lipinski definition) is 3. The number of aliphatic hydroxyl groups excluding tert-OH is 1. The summed E-state index contributed by atoms with van der Waals surface area (Å²) in [6, 6.07) is 7.71. The molecule has 1 amide bonds. The number of hydrogen-bond donors (Lipinski definition) is 2. The number of benzene rings is 1. The molecule has 0 aliphatic heterocycles. The van der Waals surface area contributed by atoms with Gasteiger partial charge in [0.15, 0.2) is 0 Å². The van der Waals surface area contributed by atoms with Crippen molar-refractivity contribution in [3.05, 3.63) is 34.9 Å². The van der Waals surface area contributed by atoms with E-state index in [1.165, 1.54) is 0 Å². The Kier molecular flexibility index (Phi) is 6.12. The molecule has 0 saturated heterocycles. The molecule has 2 N–H and O–H groups in total. The highest BCUT2D eigenvalue weighted by Crippen LogP contribution is 2.20. The number of nitrogens with zero attached hydrogens (tertiary/aromatic N) is 1. The van der Waals surface area contributed by atoms with E-state index in [4.69, 9.17) is 16.7 Å². The summed E-state index contributed by atoms with van der Waals surface area (Å²) in [5, 5.41) is 12.0. The number of carbonyl (C=O) groups excluding carboxylic acids is 1. The SMILES string of the molecule is CC(c1ccc(Cl)cc1)N(C)CC(=O)NCCO. The van der Waals surface area contributed by atoms with Crippen LogP contribution in [0.4, 0.5) is 0 Å². The van der Waals surface area contributed by atoms with E-state index < -0.39 is 0 Å². The molecule has 0 aliphatic rings.